The molecule has 0 saturated carbocycles. The van der Waals surface area contributed by atoms with Crippen molar-refractivity contribution in [1.29, 1.82) is 0 Å². The van der Waals surface area contributed by atoms with Gasteiger partial charge >= 0.3 is 0 Å². The Morgan fingerprint density at radius 2 is 1.62 bits per heavy atom. The Morgan fingerprint density at radius 3 is 2.31 bits per heavy atom. The average molecular weight is 349 g/mol. The molecule has 0 amide bonds. The number of fused-ring (bicyclic) bond motifs is 1. The maximum absolute atomic E-state index is 6.27. The summed E-state index contributed by atoms with van der Waals surface area (Å²) < 4.78 is 11.8. The number of morpholine rings is 1. The summed E-state index contributed by atoms with van der Waals surface area (Å²) in [4.78, 5) is 2.41. The van der Waals surface area contributed by atoms with E-state index in [-0.39, 0.29) is 5.41 Å². The summed E-state index contributed by atoms with van der Waals surface area (Å²) in [6.45, 7) is 10.1. The maximum Gasteiger partial charge on any atom is 0.136 e. The smallest absolute Gasteiger partial charge is 0.136 e. The fourth-order valence-electron chi connectivity index (χ4n) is 3.64. The number of nitrogens with zero attached hydrogens (tertiary/aromatic N) is 1. The van der Waals surface area contributed by atoms with Gasteiger partial charge in [-0.2, -0.15) is 0 Å². The normalized spacial score (nSPS) is 15.6. The van der Waals surface area contributed by atoms with Crippen molar-refractivity contribution < 1.29 is 9.15 Å². The molecule has 2 heterocycles. The Morgan fingerprint density at radius 1 is 0.923 bits per heavy atom. The summed E-state index contributed by atoms with van der Waals surface area (Å²) in [7, 11) is 0. The van der Waals surface area contributed by atoms with Crippen LogP contribution >= 0.6 is 0 Å². The SMILES string of the molecule is CC(C)(C)c1ccc(Cc2oc3ccccc3c2N2CCOCC2)cc1. The van der Waals surface area contributed by atoms with Gasteiger partial charge in [-0.25, -0.2) is 0 Å². The minimum atomic E-state index is 0.177. The van der Waals surface area contributed by atoms with E-state index in [1.807, 2.05) is 6.07 Å². The molecule has 0 aliphatic carbocycles. The Kier molecular flexibility index (Phi) is 4.49. The molecule has 1 aromatic heterocycles. The Labute approximate surface area is 155 Å². The molecule has 1 fully saturated rings. The van der Waals surface area contributed by atoms with Crippen LogP contribution in [0.2, 0.25) is 0 Å². The van der Waals surface area contributed by atoms with Crippen LogP contribution in [-0.2, 0) is 16.6 Å². The Hall–Kier alpha value is -2.26. The summed E-state index contributed by atoms with van der Waals surface area (Å²) >= 11 is 0. The molecule has 0 N–H and O–H groups in total. The lowest BCUT2D eigenvalue weighted by Crippen LogP contribution is -2.36. The van der Waals surface area contributed by atoms with Gasteiger partial charge in [-0.15, -0.1) is 0 Å². The molecule has 0 bridgehead atoms. The number of para-hydroxylation sites is 1. The summed E-state index contributed by atoms with van der Waals surface area (Å²) in [6, 6.07) is 17.3. The highest BCUT2D eigenvalue weighted by molar-refractivity contribution is 5.93. The molecule has 0 atom stereocenters. The van der Waals surface area contributed by atoms with E-state index in [0.29, 0.717) is 0 Å². The molecule has 0 radical (unpaired) electrons. The predicted molar refractivity (Wildman–Crippen MR) is 107 cm³/mol. The number of hydrogen-bond donors (Lipinski definition) is 0. The molecule has 3 heteroatoms. The molecular formula is C23H27NO2. The summed E-state index contributed by atoms with van der Waals surface area (Å²) in [5.41, 5.74) is 5.03. The van der Waals surface area contributed by atoms with E-state index >= 15 is 0 Å². The lowest BCUT2D eigenvalue weighted by molar-refractivity contribution is 0.122. The first-order chi connectivity index (χ1) is 12.5. The van der Waals surface area contributed by atoms with Crippen LogP contribution in [0.25, 0.3) is 11.0 Å². The summed E-state index contributed by atoms with van der Waals surface area (Å²) in [6.07, 6.45) is 0.811. The first-order valence-electron chi connectivity index (χ1n) is 9.45. The average Bonchev–Trinajstić information content (AvgIpc) is 3.00. The van der Waals surface area contributed by atoms with Gasteiger partial charge in [0.25, 0.3) is 0 Å². The van der Waals surface area contributed by atoms with Gasteiger partial charge in [-0.3, -0.25) is 0 Å². The summed E-state index contributed by atoms with van der Waals surface area (Å²) in [5, 5.41) is 1.20. The van der Waals surface area contributed by atoms with Gasteiger partial charge in [0.2, 0.25) is 0 Å². The van der Waals surface area contributed by atoms with Crippen molar-refractivity contribution in [2.45, 2.75) is 32.6 Å². The highest BCUT2D eigenvalue weighted by Gasteiger charge is 2.22. The molecule has 0 spiro atoms. The van der Waals surface area contributed by atoms with Gasteiger partial charge < -0.3 is 14.1 Å². The quantitative estimate of drug-likeness (QED) is 0.653. The summed E-state index contributed by atoms with van der Waals surface area (Å²) in [5.74, 6) is 1.05. The number of rotatable bonds is 3. The number of ether oxygens (including phenoxy) is 1. The zero-order chi connectivity index (χ0) is 18.1. The molecule has 1 saturated heterocycles. The Bertz CT molecular complexity index is 881. The molecule has 136 valence electrons. The standard InChI is InChI=1S/C23H27NO2/c1-23(2,3)18-10-8-17(9-11-18)16-21-22(24-12-14-25-15-13-24)19-6-4-5-7-20(19)26-21/h4-11H,12-16H2,1-3H3. The van der Waals surface area contributed by atoms with Crippen LogP contribution in [0, 0.1) is 0 Å². The molecule has 1 aliphatic rings. The molecule has 0 unspecified atom stereocenters. The van der Waals surface area contributed by atoms with Crippen molar-refractivity contribution in [3.8, 4) is 0 Å². The highest BCUT2D eigenvalue weighted by Crippen LogP contribution is 2.36. The van der Waals surface area contributed by atoms with E-state index in [9.17, 15) is 0 Å². The second-order valence-electron chi connectivity index (χ2n) is 8.09. The molecule has 4 rings (SSSR count). The van der Waals surface area contributed by atoms with Crippen LogP contribution in [0.3, 0.4) is 0 Å². The van der Waals surface area contributed by atoms with Crippen molar-refractivity contribution in [3.63, 3.8) is 0 Å². The molecule has 2 aromatic carbocycles. The van der Waals surface area contributed by atoms with Gasteiger partial charge in [0.15, 0.2) is 0 Å². The monoisotopic (exact) mass is 349 g/mol. The molecule has 3 aromatic rings. The largest absolute Gasteiger partial charge is 0.458 e. The highest BCUT2D eigenvalue weighted by atomic mass is 16.5. The molecular weight excluding hydrogens is 322 g/mol. The fourth-order valence-corrected chi connectivity index (χ4v) is 3.64. The van der Waals surface area contributed by atoms with Crippen LogP contribution in [-0.4, -0.2) is 26.3 Å². The van der Waals surface area contributed by atoms with Crippen molar-refractivity contribution in [3.05, 3.63) is 65.4 Å². The van der Waals surface area contributed by atoms with Crippen LogP contribution in [0.4, 0.5) is 5.69 Å². The fraction of sp³-hybridized carbons (Fsp3) is 0.391. The van der Waals surface area contributed by atoms with Crippen molar-refractivity contribution in [2.75, 3.05) is 31.2 Å². The van der Waals surface area contributed by atoms with Gasteiger partial charge in [0.05, 0.1) is 18.9 Å². The molecule has 26 heavy (non-hydrogen) atoms. The van der Waals surface area contributed by atoms with Crippen molar-refractivity contribution in [1.82, 2.24) is 0 Å². The van der Waals surface area contributed by atoms with E-state index in [0.717, 1.165) is 44.1 Å². The predicted octanol–water partition coefficient (Wildman–Crippen LogP) is 5.16. The zero-order valence-electron chi connectivity index (χ0n) is 15.9. The van der Waals surface area contributed by atoms with E-state index in [2.05, 4.69) is 68.1 Å². The van der Waals surface area contributed by atoms with Crippen LogP contribution in [0.15, 0.2) is 52.9 Å². The van der Waals surface area contributed by atoms with Gasteiger partial charge in [-0.1, -0.05) is 57.2 Å². The number of benzene rings is 2. The lowest BCUT2D eigenvalue weighted by Gasteiger charge is -2.29. The van der Waals surface area contributed by atoms with Gasteiger partial charge in [0.1, 0.15) is 11.3 Å². The van der Waals surface area contributed by atoms with Gasteiger partial charge in [-0.05, 0) is 28.7 Å². The second-order valence-corrected chi connectivity index (χ2v) is 8.09. The lowest BCUT2D eigenvalue weighted by atomic mass is 9.86. The van der Waals surface area contributed by atoms with E-state index in [1.165, 1.54) is 22.2 Å². The first kappa shape index (κ1) is 17.2. The topological polar surface area (TPSA) is 25.6 Å². The van der Waals surface area contributed by atoms with Crippen molar-refractivity contribution in [2.24, 2.45) is 0 Å². The first-order valence-corrected chi connectivity index (χ1v) is 9.45. The number of furan rings is 1. The molecule has 3 nitrogen and oxygen atoms in total. The van der Waals surface area contributed by atoms with Crippen LogP contribution < -0.4 is 4.90 Å². The van der Waals surface area contributed by atoms with Crippen molar-refractivity contribution >= 4 is 16.7 Å². The van der Waals surface area contributed by atoms with Gasteiger partial charge in [0, 0.05) is 24.9 Å². The maximum atomic E-state index is 6.27. The van der Waals surface area contributed by atoms with Crippen LogP contribution in [0.5, 0.6) is 0 Å². The van der Waals surface area contributed by atoms with E-state index < -0.39 is 0 Å². The van der Waals surface area contributed by atoms with E-state index in [4.69, 9.17) is 9.15 Å². The minimum absolute atomic E-state index is 0.177. The third-order valence-electron chi connectivity index (χ3n) is 5.15. The van der Waals surface area contributed by atoms with E-state index in [1.54, 1.807) is 0 Å². The zero-order valence-corrected chi connectivity index (χ0v) is 15.9. The van der Waals surface area contributed by atoms with Crippen LogP contribution in [0.1, 0.15) is 37.7 Å². The minimum Gasteiger partial charge on any atom is -0.458 e. The number of anilines is 1. The number of hydrogen-bond acceptors (Lipinski definition) is 3. The third-order valence-corrected chi connectivity index (χ3v) is 5.15. The third kappa shape index (κ3) is 3.36. The Balaban J connectivity index is 1.69. The second kappa shape index (κ2) is 6.81. The molecule has 1 aliphatic heterocycles.